The molecule has 0 aromatic carbocycles. The molecule has 0 amide bonds. The Bertz CT molecular complexity index is 150. The summed E-state index contributed by atoms with van der Waals surface area (Å²) in [6.45, 7) is 2.35. The van der Waals surface area contributed by atoms with Gasteiger partial charge in [0.2, 0.25) is 0 Å². The smallest absolute Gasteiger partial charge is 0.0622 e. The van der Waals surface area contributed by atoms with Crippen LogP contribution in [0.2, 0.25) is 0 Å². The molecule has 0 spiro atoms. The summed E-state index contributed by atoms with van der Waals surface area (Å²) in [5.41, 5.74) is 5.83. The SMILES string of the molecule is CCCCSCC(N)(CO)C1CC1. The van der Waals surface area contributed by atoms with E-state index in [0.29, 0.717) is 5.92 Å². The maximum atomic E-state index is 9.21. The van der Waals surface area contributed by atoms with E-state index in [4.69, 9.17) is 5.73 Å². The molecule has 78 valence electrons. The normalized spacial score (nSPS) is 21.5. The Labute approximate surface area is 85.3 Å². The summed E-state index contributed by atoms with van der Waals surface area (Å²) in [4.78, 5) is 0. The maximum absolute atomic E-state index is 9.21. The quantitative estimate of drug-likeness (QED) is 0.618. The summed E-state index contributed by atoms with van der Waals surface area (Å²) in [6.07, 6.45) is 4.93. The number of hydrogen-bond acceptors (Lipinski definition) is 3. The van der Waals surface area contributed by atoms with Gasteiger partial charge in [-0.3, -0.25) is 0 Å². The van der Waals surface area contributed by atoms with Crippen LogP contribution in [-0.2, 0) is 0 Å². The third-order valence-corrected chi connectivity index (χ3v) is 4.02. The van der Waals surface area contributed by atoms with Crippen molar-refractivity contribution in [3.8, 4) is 0 Å². The van der Waals surface area contributed by atoms with Crippen molar-refractivity contribution in [2.24, 2.45) is 11.7 Å². The summed E-state index contributed by atoms with van der Waals surface area (Å²) < 4.78 is 0. The minimum Gasteiger partial charge on any atom is -0.394 e. The number of aliphatic hydroxyl groups excluding tert-OH is 1. The van der Waals surface area contributed by atoms with E-state index in [-0.39, 0.29) is 12.1 Å². The second-order valence-corrected chi connectivity index (χ2v) is 5.18. The van der Waals surface area contributed by atoms with E-state index in [1.165, 1.54) is 31.4 Å². The molecule has 0 heterocycles. The van der Waals surface area contributed by atoms with E-state index in [2.05, 4.69) is 6.92 Å². The van der Waals surface area contributed by atoms with Gasteiger partial charge in [0.1, 0.15) is 0 Å². The molecular weight excluding hydrogens is 182 g/mol. The predicted octanol–water partition coefficient (Wildman–Crippen LogP) is 1.62. The number of hydrogen-bond donors (Lipinski definition) is 2. The molecule has 0 aromatic heterocycles. The Morgan fingerprint density at radius 3 is 2.69 bits per heavy atom. The summed E-state index contributed by atoms with van der Waals surface area (Å²) >= 11 is 1.89. The largest absolute Gasteiger partial charge is 0.394 e. The van der Waals surface area contributed by atoms with Crippen LogP contribution in [0.4, 0.5) is 0 Å². The van der Waals surface area contributed by atoms with E-state index in [9.17, 15) is 5.11 Å². The predicted molar refractivity (Wildman–Crippen MR) is 59.0 cm³/mol. The van der Waals surface area contributed by atoms with Crippen molar-refractivity contribution in [2.75, 3.05) is 18.1 Å². The van der Waals surface area contributed by atoms with Crippen LogP contribution in [0.5, 0.6) is 0 Å². The van der Waals surface area contributed by atoms with Crippen LogP contribution in [0.3, 0.4) is 0 Å². The first kappa shape index (κ1) is 11.3. The standard InChI is InChI=1S/C10H21NOS/c1-2-3-6-13-8-10(11,7-12)9-4-5-9/h9,12H,2-8,11H2,1H3. The van der Waals surface area contributed by atoms with Gasteiger partial charge in [0.05, 0.1) is 12.1 Å². The molecule has 13 heavy (non-hydrogen) atoms. The van der Waals surface area contributed by atoms with Crippen LogP contribution in [0.15, 0.2) is 0 Å². The molecule has 0 bridgehead atoms. The van der Waals surface area contributed by atoms with Gasteiger partial charge in [-0.2, -0.15) is 11.8 Å². The van der Waals surface area contributed by atoms with E-state index in [1.807, 2.05) is 11.8 Å². The monoisotopic (exact) mass is 203 g/mol. The number of unbranched alkanes of at least 4 members (excludes halogenated alkanes) is 1. The second kappa shape index (κ2) is 5.23. The highest BCUT2D eigenvalue weighted by atomic mass is 32.2. The molecule has 3 heteroatoms. The van der Waals surface area contributed by atoms with Gasteiger partial charge in [0.25, 0.3) is 0 Å². The molecule has 1 unspecified atom stereocenters. The number of nitrogens with two attached hydrogens (primary N) is 1. The Morgan fingerprint density at radius 2 is 2.23 bits per heavy atom. The topological polar surface area (TPSA) is 46.2 Å². The van der Waals surface area contributed by atoms with Gasteiger partial charge in [0.15, 0.2) is 0 Å². The number of aliphatic hydroxyl groups is 1. The van der Waals surface area contributed by atoms with Crippen molar-refractivity contribution in [1.82, 2.24) is 0 Å². The number of rotatable bonds is 7. The minimum absolute atomic E-state index is 0.150. The zero-order valence-electron chi connectivity index (χ0n) is 8.46. The van der Waals surface area contributed by atoms with Crippen LogP contribution in [-0.4, -0.2) is 28.8 Å². The average Bonchev–Trinajstić information content (AvgIpc) is 2.95. The summed E-state index contributed by atoms with van der Waals surface area (Å²) in [7, 11) is 0. The first-order valence-corrected chi connectivity index (χ1v) is 6.36. The lowest BCUT2D eigenvalue weighted by Gasteiger charge is -2.26. The third-order valence-electron chi connectivity index (χ3n) is 2.70. The molecule has 0 aliphatic heterocycles. The van der Waals surface area contributed by atoms with Crippen LogP contribution < -0.4 is 5.73 Å². The fourth-order valence-corrected chi connectivity index (χ4v) is 2.80. The van der Waals surface area contributed by atoms with Crippen molar-refractivity contribution in [2.45, 2.75) is 38.1 Å². The van der Waals surface area contributed by atoms with Crippen LogP contribution in [0.25, 0.3) is 0 Å². The lowest BCUT2D eigenvalue weighted by atomic mass is 9.99. The van der Waals surface area contributed by atoms with Crippen molar-refractivity contribution in [3.05, 3.63) is 0 Å². The van der Waals surface area contributed by atoms with E-state index in [1.54, 1.807) is 0 Å². The fourth-order valence-electron chi connectivity index (χ4n) is 1.46. The highest BCUT2D eigenvalue weighted by Crippen LogP contribution is 2.39. The van der Waals surface area contributed by atoms with Gasteiger partial charge in [-0.05, 0) is 30.9 Å². The molecule has 0 radical (unpaired) electrons. The van der Waals surface area contributed by atoms with Crippen LogP contribution in [0, 0.1) is 5.92 Å². The molecule has 1 saturated carbocycles. The van der Waals surface area contributed by atoms with Crippen molar-refractivity contribution >= 4 is 11.8 Å². The lowest BCUT2D eigenvalue weighted by molar-refractivity contribution is 0.194. The fraction of sp³-hybridized carbons (Fsp3) is 1.00. The van der Waals surface area contributed by atoms with Crippen LogP contribution in [0.1, 0.15) is 32.6 Å². The van der Waals surface area contributed by atoms with Gasteiger partial charge in [-0.25, -0.2) is 0 Å². The minimum atomic E-state index is -0.279. The van der Waals surface area contributed by atoms with Gasteiger partial charge in [-0.15, -0.1) is 0 Å². The number of thioether (sulfide) groups is 1. The van der Waals surface area contributed by atoms with Crippen molar-refractivity contribution < 1.29 is 5.11 Å². The Hall–Kier alpha value is 0.270. The van der Waals surface area contributed by atoms with Crippen LogP contribution >= 0.6 is 11.8 Å². The molecule has 1 fully saturated rings. The molecule has 0 saturated heterocycles. The molecule has 3 N–H and O–H groups in total. The van der Waals surface area contributed by atoms with Gasteiger partial charge < -0.3 is 10.8 Å². The Kier molecular flexibility index (Phi) is 4.56. The molecule has 1 aliphatic rings. The van der Waals surface area contributed by atoms with E-state index >= 15 is 0 Å². The zero-order chi connectivity index (χ0) is 9.73. The first-order chi connectivity index (χ1) is 6.23. The summed E-state index contributed by atoms with van der Waals surface area (Å²) in [5, 5.41) is 9.21. The lowest BCUT2D eigenvalue weighted by Crippen LogP contribution is -2.48. The summed E-state index contributed by atoms with van der Waals surface area (Å²) in [6, 6.07) is 0. The molecular formula is C10H21NOS. The summed E-state index contributed by atoms with van der Waals surface area (Å²) in [5.74, 6) is 2.70. The Balaban J connectivity index is 2.15. The van der Waals surface area contributed by atoms with E-state index < -0.39 is 0 Å². The highest BCUT2D eigenvalue weighted by Gasteiger charge is 2.41. The average molecular weight is 203 g/mol. The first-order valence-electron chi connectivity index (χ1n) is 5.20. The van der Waals surface area contributed by atoms with Gasteiger partial charge in [-0.1, -0.05) is 13.3 Å². The molecule has 1 rings (SSSR count). The molecule has 1 aliphatic carbocycles. The van der Waals surface area contributed by atoms with Crippen molar-refractivity contribution in [1.29, 1.82) is 0 Å². The van der Waals surface area contributed by atoms with E-state index in [0.717, 1.165) is 5.75 Å². The van der Waals surface area contributed by atoms with Crippen molar-refractivity contribution in [3.63, 3.8) is 0 Å². The third kappa shape index (κ3) is 3.49. The molecule has 1 atom stereocenters. The maximum Gasteiger partial charge on any atom is 0.0622 e. The zero-order valence-corrected chi connectivity index (χ0v) is 9.28. The Morgan fingerprint density at radius 1 is 1.54 bits per heavy atom. The molecule has 0 aromatic rings. The van der Waals surface area contributed by atoms with Gasteiger partial charge in [0, 0.05) is 5.75 Å². The second-order valence-electron chi connectivity index (χ2n) is 4.07. The van der Waals surface area contributed by atoms with Gasteiger partial charge >= 0.3 is 0 Å². The highest BCUT2D eigenvalue weighted by molar-refractivity contribution is 7.99. The molecule has 2 nitrogen and oxygen atoms in total.